The Kier molecular flexibility index (Phi) is 2.21. The van der Waals surface area contributed by atoms with Gasteiger partial charge >= 0.3 is 0 Å². The highest BCUT2D eigenvalue weighted by Gasteiger charge is 2.35. The van der Waals surface area contributed by atoms with Crippen LogP contribution in [0.5, 0.6) is 0 Å². The van der Waals surface area contributed by atoms with E-state index in [9.17, 15) is 8.78 Å². The minimum atomic E-state index is -0.765. The van der Waals surface area contributed by atoms with Crippen LogP contribution in [0.15, 0.2) is 12.1 Å². The predicted molar refractivity (Wildman–Crippen MR) is 50.1 cm³/mol. The molecule has 1 aromatic rings. The van der Waals surface area contributed by atoms with E-state index in [4.69, 9.17) is 17.3 Å². The minimum Gasteiger partial charge on any atom is -0.319 e. The van der Waals surface area contributed by atoms with Gasteiger partial charge in [-0.15, -0.1) is 0 Å². The maximum Gasteiger partial charge on any atom is 0.145 e. The van der Waals surface area contributed by atoms with Gasteiger partial charge in [-0.25, -0.2) is 8.78 Å². The Morgan fingerprint density at radius 3 is 2.14 bits per heavy atom. The van der Waals surface area contributed by atoms with E-state index >= 15 is 0 Å². The van der Waals surface area contributed by atoms with Crippen molar-refractivity contribution in [3.8, 4) is 0 Å². The maximum atomic E-state index is 13.1. The fraction of sp³-hybridized carbons (Fsp3) is 0.333. The summed E-state index contributed by atoms with van der Waals surface area (Å²) in [5, 5.41) is 2.47. The summed E-state index contributed by atoms with van der Waals surface area (Å²) in [5.74, 6) is -1.53. The van der Waals surface area contributed by atoms with Gasteiger partial charge in [0, 0.05) is 13.1 Å². The van der Waals surface area contributed by atoms with E-state index in [1.54, 1.807) is 0 Å². The normalized spacial score (nSPS) is 19.1. The summed E-state index contributed by atoms with van der Waals surface area (Å²) in [6.07, 6.45) is 0. The Bertz CT molecular complexity index is 354. The van der Waals surface area contributed by atoms with Crippen molar-refractivity contribution >= 4 is 11.6 Å². The summed E-state index contributed by atoms with van der Waals surface area (Å²) >= 11 is 5.35. The first-order valence-electron chi connectivity index (χ1n) is 4.17. The van der Waals surface area contributed by atoms with Crippen molar-refractivity contribution in [1.29, 1.82) is 0 Å². The molecule has 2 rings (SSSR count). The van der Waals surface area contributed by atoms with Crippen LogP contribution in [0.25, 0.3) is 0 Å². The number of nitrogens with two attached hydrogens (primary N) is 1. The van der Waals surface area contributed by atoms with Gasteiger partial charge in [0.1, 0.15) is 16.7 Å². The molecule has 5 heteroatoms. The third-order valence-corrected chi connectivity index (χ3v) is 2.80. The molecule has 0 saturated carbocycles. The molecule has 1 heterocycles. The van der Waals surface area contributed by atoms with Crippen LogP contribution in [0.1, 0.15) is 5.56 Å². The van der Waals surface area contributed by atoms with Crippen molar-refractivity contribution in [3.05, 3.63) is 34.4 Å². The molecule has 0 spiro atoms. The zero-order valence-electron chi connectivity index (χ0n) is 7.28. The average Bonchev–Trinajstić information content (AvgIpc) is 2.09. The van der Waals surface area contributed by atoms with Gasteiger partial charge in [-0.1, -0.05) is 11.6 Å². The number of hydrogen-bond donors (Lipinski definition) is 2. The number of halogens is 3. The van der Waals surface area contributed by atoms with E-state index in [1.807, 2.05) is 0 Å². The van der Waals surface area contributed by atoms with Crippen LogP contribution in [0, 0.1) is 11.6 Å². The summed E-state index contributed by atoms with van der Waals surface area (Å²) in [4.78, 5) is 0. The van der Waals surface area contributed by atoms with Gasteiger partial charge in [-0.3, -0.25) is 0 Å². The van der Waals surface area contributed by atoms with Gasteiger partial charge < -0.3 is 11.1 Å². The lowest BCUT2D eigenvalue weighted by Gasteiger charge is -2.39. The van der Waals surface area contributed by atoms with Crippen molar-refractivity contribution < 1.29 is 8.78 Å². The third kappa shape index (κ3) is 1.39. The molecule has 3 N–H and O–H groups in total. The van der Waals surface area contributed by atoms with Crippen molar-refractivity contribution in [2.24, 2.45) is 5.73 Å². The number of hydrogen-bond acceptors (Lipinski definition) is 2. The summed E-state index contributed by atoms with van der Waals surface area (Å²) < 4.78 is 26.2. The lowest BCUT2D eigenvalue weighted by molar-refractivity contribution is 0.285. The second-order valence-corrected chi connectivity index (χ2v) is 3.89. The van der Waals surface area contributed by atoms with Gasteiger partial charge in [0.2, 0.25) is 0 Å². The third-order valence-electron chi connectivity index (χ3n) is 2.44. The molecule has 1 aromatic carbocycles. The zero-order chi connectivity index (χ0) is 10.3. The molecule has 1 aliphatic rings. The van der Waals surface area contributed by atoms with E-state index in [-0.39, 0.29) is 0 Å². The van der Waals surface area contributed by atoms with Gasteiger partial charge in [0.25, 0.3) is 0 Å². The Balaban J connectivity index is 2.45. The minimum absolute atomic E-state index is 0.440. The molecule has 0 amide bonds. The molecule has 2 nitrogen and oxygen atoms in total. The zero-order valence-corrected chi connectivity index (χ0v) is 8.04. The Morgan fingerprint density at radius 2 is 1.79 bits per heavy atom. The average molecular weight is 219 g/mol. The van der Waals surface area contributed by atoms with Crippen LogP contribution in [0.3, 0.4) is 0 Å². The Morgan fingerprint density at radius 1 is 1.29 bits per heavy atom. The molecule has 1 saturated heterocycles. The molecule has 0 radical (unpaired) electrons. The van der Waals surface area contributed by atoms with E-state index in [0.29, 0.717) is 18.7 Å². The molecule has 0 atom stereocenters. The molecule has 0 aromatic heterocycles. The lowest BCUT2D eigenvalue weighted by atomic mass is 9.85. The van der Waals surface area contributed by atoms with Crippen molar-refractivity contribution in [2.75, 3.05) is 13.1 Å². The molecule has 1 fully saturated rings. The first kappa shape index (κ1) is 9.83. The smallest absolute Gasteiger partial charge is 0.145 e. The van der Waals surface area contributed by atoms with Gasteiger partial charge in [0.05, 0.1) is 5.54 Å². The molecular weight excluding hydrogens is 210 g/mol. The van der Waals surface area contributed by atoms with Crippen LogP contribution in [0.2, 0.25) is 5.02 Å². The summed E-state index contributed by atoms with van der Waals surface area (Å²) in [6, 6.07) is 2.37. The van der Waals surface area contributed by atoms with Crippen LogP contribution < -0.4 is 11.1 Å². The SMILES string of the molecule is NC1(c2cc(F)c(Cl)c(F)c2)CNC1. The Hall–Kier alpha value is -0.710. The topological polar surface area (TPSA) is 38.0 Å². The van der Waals surface area contributed by atoms with Crippen molar-refractivity contribution in [3.63, 3.8) is 0 Å². The first-order chi connectivity index (χ1) is 6.53. The molecule has 0 aliphatic carbocycles. The van der Waals surface area contributed by atoms with Crippen LogP contribution in [-0.2, 0) is 5.54 Å². The second-order valence-electron chi connectivity index (χ2n) is 3.51. The fourth-order valence-electron chi connectivity index (χ4n) is 1.44. The molecule has 1 aliphatic heterocycles. The van der Waals surface area contributed by atoms with Crippen LogP contribution in [0.4, 0.5) is 8.78 Å². The summed E-state index contributed by atoms with van der Waals surface area (Å²) in [6.45, 7) is 1.04. The quantitative estimate of drug-likeness (QED) is 0.699. The molecular formula is C9H9ClF2N2. The standard InChI is InChI=1S/C9H9ClF2N2/c10-8-6(11)1-5(2-7(8)12)9(13)3-14-4-9/h1-2,14H,3-4,13H2. The van der Waals surface area contributed by atoms with Gasteiger partial charge in [0.15, 0.2) is 0 Å². The van der Waals surface area contributed by atoms with Crippen molar-refractivity contribution in [1.82, 2.24) is 5.32 Å². The maximum absolute atomic E-state index is 13.1. The highest BCUT2D eigenvalue weighted by molar-refractivity contribution is 6.30. The van der Waals surface area contributed by atoms with Crippen molar-refractivity contribution in [2.45, 2.75) is 5.54 Å². The van der Waals surface area contributed by atoms with E-state index < -0.39 is 22.2 Å². The number of nitrogens with one attached hydrogen (secondary N) is 1. The summed E-state index contributed by atoms with van der Waals surface area (Å²) in [7, 11) is 0. The highest BCUT2D eigenvalue weighted by Crippen LogP contribution is 2.28. The van der Waals surface area contributed by atoms with Crippen LogP contribution in [-0.4, -0.2) is 13.1 Å². The van der Waals surface area contributed by atoms with E-state index in [0.717, 1.165) is 0 Å². The first-order valence-corrected chi connectivity index (χ1v) is 4.55. The second kappa shape index (κ2) is 3.15. The molecule has 0 unspecified atom stereocenters. The largest absolute Gasteiger partial charge is 0.319 e. The van der Waals surface area contributed by atoms with E-state index in [1.165, 1.54) is 12.1 Å². The van der Waals surface area contributed by atoms with Gasteiger partial charge in [-0.05, 0) is 17.7 Å². The number of benzene rings is 1. The number of rotatable bonds is 1. The molecule has 0 bridgehead atoms. The Labute approximate surface area is 85.0 Å². The monoisotopic (exact) mass is 218 g/mol. The molecule has 14 heavy (non-hydrogen) atoms. The molecule has 76 valence electrons. The lowest BCUT2D eigenvalue weighted by Crippen LogP contribution is -2.62. The predicted octanol–water partition coefficient (Wildman–Crippen LogP) is 1.38. The van der Waals surface area contributed by atoms with E-state index in [2.05, 4.69) is 5.32 Å². The van der Waals surface area contributed by atoms with Crippen LogP contribution >= 0.6 is 11.6 Å². The fourth-order valence-corrected chi connectivity index (χ4v) is 1.55. The highest BCUT2D eigenvalue weighted by atomic mass is 35.5. The van der Waals surface area contributed by atoms with Gasteiger partial charge in [-0.2, -0.15) is 0 Å². The summed E-state index contributed by atoms with van der Waals surface area (Å²) in [5.41, 5.74) is 5.65.